The maximum Gasteiger partial charge on any atom is 0.295 e. The van der Waals surface area contributed by atoms with E-state index in [9.17, 15) is 14.4 Å². The first-order valence-corrected chi connectivity index (χ1v) is 11.0. The third kappa shape index (κ3) is 4.25. The molecule has 2 atom stereocenters. The van der Waals surface area contributed by atoms with Crippen molar-refractivity contribution in [2.45, 2.75) is 37.9 Å². The van der Waals surface area contributed by atoms with Gasteiger partial charge in [-0.1, -0.05) is 30.3 Å². The molecule has 2 saturated heterocycles. The van der Waals surface area contributed by atoms with Crippen LogP contribution in [0.5, 0.6) is 17.2 Å². The van der Waals surface area contributed by atoms with Crippen molar-refractivity contribution in [3.63, 3.8) is 0 Å². The average Bonchev–Trinajstić information content (AvgIpc) is 2.85. The summed E-state index contributed by atoms with van der Waals surface area (Å²) in [6.45, 7) is 0.911. The molecule has 0 aliphatic carbocycles. The fourth-order valence-electron chi connectivity index (χ4n) is 4.76. The Morgan fingerprint density at radius 1 is 0.970 bits per heavy atom. The van der Waals surface area contributed by atoms with Gasteiger partial charge in [-0.25, -0.2) is 0 Å². The maximum atomic E-state index is 13.4. The monoisotopic (exact) mass is 452 g/mol. The Bertz CT molecular complexity index is 1030. The van der Waals surface area contributed by atoms with Gasteiger partial charge in [-0.2, -0.15) is 0 Å². The molecule has 2 bridgehead atoms. The Morgan fingerprint density at radius 3 is 2.24 bits per heavy atom. The first-order valence-electron chi connectivity index (χ1n) is 11.0. The van der Waals surface area contributed by atoms with E-state index in [2.05, 4.69) is 0 Å². The summed E-state index contributed by atoms with van der Waals surface area (Å²) in [5.41, 5.74) is 1.17. The predicted octanol–water partition coefficient (Wildman–Crippen LogP) is 2.69. The number of carbonyl (C=O) groups excluding carboxylic acids is 3. The van der Waals surface area contributed by atoms with Gasteiger partial charge >= 0.3 is 0 Å². The molecule has 2 aromatic carbocycles. The van der Waals surface area contributed by atoms with Gasteiger partial charge in [0.15, 0.2) is 11.5 Å². The van der Waals surface area contributed by atoms with E-state index in [-0.39, 0.29) is 29.0 Å². The van der Waals surface area contributed by atoms with Gasteiger partial charge in [0, 0.05) is 18.7 Å². The molecule has 2 aromatic rings. The van der Waals surface area contributed by atoms with Gasteiger partial charge in [-0.05, 0) is 37.0 Å². The van der Waals surface area contributed by atoms with Crippen LogP contribution in [0.25, 0.3) is 0 Å². The van der Waals surface area contributed by atoms with Gasteiger partial charge in [0.05, 0.1) is 27.4 Å². The molecule has 2 aliphatic rings. The Labute approximate surface area is 193 Å². The number of carbonyl (C=O) groups is 3. The molecule has 8 heteroatoms. The van der Waals surface area contributed by atoms with Crippen LogP contribution >= 0.6 is 0 Å². The lowest BCUT2D eigenvalue weighted by Gasteiger charge is -2.49. The number of hydrogen-bond acceptors (Lipinski definition) is 6. The number of rotatable bonds is 7. The molecule has 2 heterocycles. The van der Waals surface area contributed by atoms with Gasteiger partial charge in [0.1, 0.15) is 6.04 Å². The summed E-state index contributed by atoms with van der Waals surface area (Å²) >= 11 is 0. The van der Waals surface area contributed by atoms with Gasteiger partial charge < -0.3 is 24.0 Å². The molecular formula is C25H28N2O6. The van der Waals surface area contributed by atoms with Crippen molar-refractivity contribution in [1.82, 2.24) is 9.80 Å². The highest BCUT2D eigenvalue weighted by Gasteiger charge is 2.47. The number of ether oxygens (including phenoxy) is 3. The van der Waals surface area contributed by atoms with Crippen LogP contribution in [0.15, 0.2) is 42.5 Å². The molecule has 0 aromatic heterocycles. The Morgan fingerprint density at radius 2 is 1.64 bits per heavy atom. The number of ketones is 1. The number of fused-ring (bicyclic) bond motifs is 2. The Hall–Kier alpha value is -3.55. The predicted molar refractivity (Wildman–Crippen MR) is 121 cm³/mol. The van der Waals surface area contributed by atoms with Crippen LogP contribution in [0, 0.1) is 0 Å². The Kier molecular flexibility index (Phi) is 6.53. The largest absolute Gasteiger partial charge is 0.493 e. The summed E-state index contributed by atoms with van der Waals surface area (Å²) in [7, 11) is 4.36. The van der Waals surface area contributed by atoms with E-state index in [4.69, 9.17) is 14.2 Å². The van der Waals surface area contributed by atoms with Gasteiger partial charge in [-0.15, -0.1) is 0 Å². The van der Waals surface area contributed by atoms with E-state index >= 15 is 0 Å². The topological polar surface area (TPSA) is 85.4 Å². The number of piperazine rings is 1. The zero-order valence-corrected chi connectivity index (χ0v) is 19.1. The fourth-order valence-corrected chi connectivity index (χ4v) is 4.76. The number of likely N-dealkylation sites (tertiary alicyclic amines) is 1. The molecule has 8 nitrogen and oxygen atoms in total. The van der Waals surface area contributed by atoms with Crippen molar-refractivity contribution < 1.29 is 28.6 Å². The lowest BCUT2D eigenvalue weighted by atomic mass is 9.89. The van der Waals surface area contributed by atoms with E-state index in [0.29, 0.717) is 25.3 Å². The van der Waals surface area contributed by atoms with Gasteiger partial charge in [-0.3, -0.25) is 14.4 Å². The molecule has 0 spiro atoms. The highest BCUT2D eigenvalue weighted by Crippen LogP contribution is 2.39. The van der Waals surface area contributed by atoms with Crippen LogP contribution in [0.4, 0.5) is 0 Å². The summed E-state index contributed by atoms with van der Waals surface area (Å²) in [5, 5.41) is 0. The second-order valence-corrected chi connectivity index (χ2v) is 8.26. The van der Waals surface area contributed by atoms with Gasteiger partial charge in [0.2, 0.25) is 11.7 Å². The number of hydrogen-bond donors (Lipinski definition) is 0. The molecule has 0 radical (unpaired) electrons. The molecule has 0 N–H and O–H groups in total. The second-order valence-electron chi connectivity index (χ2n) is 8.26. The van der Waals surface area contributed by atoms with Crippen molar-refractivity contribution >= 4 is 17.6 Å². The molecule has 174 valence electrons. The van der Waals surface area contributed by atoms with Crippen LogP contribution in [-0.4, -0.2) is 67.4 Å². The van der Waals surface area contributed by atoms with Gasteiger partial charge in [0.25, 0.3) is 11.7 Å². The lowest BCUT2D eigenvalue weighted by Crippen LogP contribution is -2.66. The number of nitrogens with zero attached hydrogens (tertiary/aromatic N) is 2. The minimum Gasteiger partial charge on any atom is -0.493 e. The first-order chi connectivity index (χ1) is 16.0. The summed E-state index contributed by atoms with van der Waals surface area (Å²) < 4.78 is 15.9. The molecule has 2 unspecified atom stereocenters. The van der Waals surface area contributed by atoms with Crippen LogP contribution in [0.2, 0.25) is 0 Å². The smallest absolute Gasteiger partial charge is 0.295 e. The molecule has 2 amide bonds. The minimum absolute atomic E-state index is 0.110. The quantitative estimate of drug-likeness (QED) is 0.474. The van der Waals surface area contributed by atoms with E-state index in [1.54, 1.807) is 4.90 Å². The molecule has 4 rings (SSSR count). The summed E-state index contributed by atoms with van der Waals surface area (Å²) in [6, 6.07) is 11.9. The van der Waals surface area contributed by atoms with Crippen LogP contribution in [-0.2, 0) is 16.1 Å². The summed E-state index contributed by atoms with van der Waals surface area (Å²) in [5.74, 6) is -0.567. The number of Topliss-reactive ketones (excluding diaryl/α,β-unsaturated/α-hetero) is 1. The molecule has 2 aliphatic heterocycles. The van der Waals surface area contributed by atoms with Crippen molar-refractivity contribution in [3.8, 4) is 17.2 Å². The average molecular weight is 453 g/mol. The fraction of sp³-hybridized carbons (Fsp3) is 0.400. The van der Waals surface area contributed by atoms with Crippen LogP contribution in [0.3, 0.4) is 0 Å². The maximum absolute atomic E-state index is 13.4. The summed E-state index contributed by atoms with van der Waals surface area (Å²) in [6.07, 6.45) is 2.15. The molecule has 0 saturated carbocycles. The minimum atomic E-state index is -0.699. The second kappa shape index (κ2) is 9.52. The van der Waals surface area contributed by atoms with Crippen molar-refractivity contribution in [2.24, 2.45) is 0 Å². The van der Waals surface area contributed by atoms with Crippen molar-refractivity contribution in [1.29, 1.82) is 0 Å². The van der Waals surface area contributed by atoms with E-state index in [1.165, 1.54) is 38.4 Å². The van der Waals surface area contributed by atoms with Crippen molar-refractivity contribution in [3.05, 3.63) is 53.6 Å². The van der Waals surface area contributed by atoms with Crippen molar-refractivity contribution in [2.75, 3.05) is 27.9 Å². The third-order valence-corrected chi connectivity index (χ3v) is 6.34. The highest BCUT2D eigenvalue weighted by molar-refractivity contribution is 6.43. The first kappa shape index (κ1) is 22.6. The SMILES string of the molecule is COc1cc(C(=O)C(=O)N2C3CCCC2C(=O)N(Cc2ccccc2)C3)cc(OC)c1OC. The number of benzene rings is 2. The number of amides is 2. The van der Waals surface area contributed by atoms with Crippen LogP contribution in [0.1, 0.15) is 35.2 Å². The number of piperidine rings is 1. The van der Waals surface area contributed by atoms with Crippen LogP contribution < -0.4 is 14.2 Å². The highest BCUT2D eigenvalue weighted by atomic mass is 16.5. The molecule has 2 fully saturated rings. The zero-order chi connectivity index (χ0) is 23.5. The third-order valence-electron chi connectivity index (χ3n) is 6.34. The molecular weight excluding hydrogens is 424 g/mol. The van der Waals surface area contributed by atoms with E-state index < -0.39 is 17.7 Å². The summed E-state index contributed by atoms with van der Waals surface area (Å²) in [4.78, 5) is 43.2. The van der Waals surface area contributed by atoms with E-state index in [0.717, 1.165) is 18.4 Å². The standard InChI is InChI=1S/C25H28N2O6/c1-31-20-12-17(13-21(32-2)23(20)33-3)22(28)25(30)27-18-10-7-11-19(27)24(29)26(15-18)14-16-8-5-4-6-9-16/h4-6,8-9,12-13,18-19H,7,10-11,14-15H2,1-3H3. The Balaban J connectivity index is 1.58. The molecule has 33 heavy (non-hydrogen) atoms. The van der Waals surface area contributed by atoms with E-state index in [1.807, 2.05) is 30.3 Å². The number of methoxy groups -OCH3 is 3. The lowest BCUT2D eigenvalue weighted by molar-refractivity contribution is -0.157. The normalized spacial score (nSPS) is 19.8. The zero-order valence-electron chi connectivity index (χ0n) is 19.1.